The number of anilines is 1. The van der Waals surface area contributed by atoms with Crippen molar-refractivity contribution in [2.45, 2.75) is 38.5 Å². The number of rotatable bonds is 5. The first-order valence-electron chi connectivity index (χ1n) is 5.99. The smallest absolute Gasteiger partial charge is 0.178 e. The Morgan fingerprint density at radius 2 is 1.82 bits per heavy atom. The molecule has 17 heavy (non-hydrogen) atoms. The minimum Gasteiger partial charge on any atom is -0.399 e. The van der Waals surface area contributed by atoms with Gasteiger partial charge in [0, 0.05) is 5.69 Å². The van der Waals surface area contributed by atoms with Gasteiger partial charge in [-0.2, -0.15) is 0 Å². The second kappa shape index (κ2) is 5.54. The average molecular weight is 255 g/mol. The van der Waals surface area contributed by atoms with Crippen LogP contribution in [0.2, 0.25) is 0 Å². The molecule has 0 aliphatic rings. The van der Waals surface area contributed by atoms with E-state index >= 15 is 0 Å². The van der Waals surface area contributed by atoms with Crippen molar-refractivity contribution in [3.8, 4) is 0 Å². The highest BCUT2D eigenvalue weighted by molar-refractivity contribution is 7.91. The molecular formula is C13H21NO2S. The fourth-order valence-corrected chi connectivity index (χ4v) is 4.02. The first kappa shape index (κ1) is 14.0. The maximum absolute atomic E-state index is 12.3. The van der Waals surface area contributed by atoms with Crippen LogP contribution in [0.5, 0.6) is 0 Å². The van der Waals surface area contributed by atoms with Crippen LogP contribution in [-0.2, 0) is 9.84 Å². The van der Waals surface area contributed by atoms with Crippen LogP contribution in [0.3, 0.4) is 0 Å². The van der Waals surface area contributed by atoms with E-state index in [1.165, 1.54) is 0 Å². The molecule has 0 fully saturated rings. The summed E-state index contributed by atoms with van der Waals surface area (Å²) in [5, 5.41) is 0. The van der Waals surface area contributed by atoms with E-state index in [9.17, 15) is 8.42 Å². The van der Waals surface area contributed by atoms with Crippen LogP contribution >= 0.6 is 0 Å². The maximum atomic E-state index is 12.3. The zero-order valence-electron chi connectivity index (χ0n) is 10.7. The van der Waals surface area contributed by atoms with Gasteiger partial charge in [0.15, 0.2) is 9.84 Å². The number of aryl methyl sites for hydroxylation is 1. The summed E-state index contributed by atoms with van der Waals surface area (Å²) in [7, 11) is -3.22. The van der Waals surface area contributed by atoms with Gasteiger partial charge in [0.1, 0.15) is 0 Å². The lowest BCUT2D eigenvalue weighted by atomic mass is 10.1. The van der Waals surface area contributed by atoms with Crippen molar-refractivity contribution in [1.29, 1.82) is 0 Å². The zero-order valence-corrected chi connectivity index (χ0v) is 11.5. The van der Waals surface area contributed by atoms with Crippen molar-refractivity contribution >= 4 is 15.5 Å². The Bertz CT molecular complexity index is 476. The molecular weight excluding hydrogens is 234 g/mol. The summed E-state index contributed by atoms with van der Waals surface area (Å²) in [4.78, 5) is 0.379. The van der Waals surface area contributed by atoms with Gasteiger partial charge < -0.3 is 5.73 Å². The predicted molar refractivity (Wildman–Crippen MR) is 71.7 cm³/mol. The third-order valence-corrected chi connectivity index (χ3v) is 5.18. The van der Waals surface area contributed by atoms with E-state index in [1.807, 2.05) is 13.8 Å². The summed E-state index contributed by atoms with van der Waals surface area (Å²) in [6.45, 7) is 5.85. The Hall–Kier alpha value is -1.03. The number of hydrogen-bond acceptors (Lipinski definition) is 3. The zero-order chi connectivity index (χ0) is 13.1. The fraction of sp³-hybridized carbons (Fsp3) is 0.538. The molecule has 0 heterocycles. The topological polar surface area (TPSA) is 60.2 Å². The Kier molecular flexibility index (Phi) is 4.57. The number of hydrogen-bond donors (Lipinski definition) is 1. The molecule has 0 unspecified atom stereocenters. The highest BCUT2D eigenvalue weighted by Gasteiger charge is 2.21. The summed E-state index contributed by atoms with van der Waals surface area (Å²) >= 11 is 0. The van der Waals surface area contributed by atoms with Gasteiger partial charge >= 0.3 is 0 Å². The molecule has 0 spiro atoms. The summed E-state index contributed by atoms with van der Waals surface area (Å²) in [6, 6.07) is 5.05. The summed E-state index contributed by atoms with van der Waals surface area (Å²) < 4.78 is 24.6. The van der Waals surface area contributed by atoms with Crippen LogP contribution in [0.1, 0.15) is 32.3 Å². The number of nitrogen functional groups attached to an aromatic ring is 1. The Balaban J connectivity index is 3.09. The van der Waals surface area contributed by atoms with E-state index in [1.54, 1.807) is 25.1 Å². The molecule has 0 radical (unpaired) electrons. The maximum Gasteiger partial charge on any atom is 0.178 e. The lowest BCUT2D eigenvalue weighted by Crippen LogP contribution is -2.16. The van der Waals surface area contributed by atoms with Gasteiger partial charge in [0.2, 0.25) is 0 Å². The summed E-state index contributed by atoms with van der Waals surface area (Å²) in [5.74, 6) is 0.436. The molecule has 0 bridgehead atoms. The number of nitrogens with two attached hydrogens (primary N) is 1. The van der Waals surface area contributed by atoms with E-state index < -0.39 is 9.84 Å². The van der Waals surface area contributed by atoms with E-state index in [0.29, 0.717) is 10.6 Å². The Morgan fingerprint density at radius 3 is 2.35 bits per heavy atom. The highest BCUT2D eigenvalue weighted by Crippen LogP contribution is 2.23. The van der Waals surface area contributed by atoms with Crippen LogP contribution < -0.4 is 5.73 Å². The van der Waals surface area contributed by atoms with Crippen molar-refractivity contribution in [2.24, 2.45) is 5.92 Å². The van der Waals surface area contributed by atoms with Gasteiger partial charge in [-0.05, 0) is 30.5 Å². The lowest BCUT2D eigenvalue weighted by Gasteiger charge is -2.14. The van der Waals surface area contributed by atoms with Crippen LogP contribution in [0.25, 0.3) is 0 Å². The van der Waals surface area contributed by atoms with E-state index in [-0.39, 0.29) is 11.7 Å². The molecule has 4 heteroatoms. The van der Waals surface area contributed by atoms with Gasteiger partial charge in [0.05, 0.1) is 10.6 Å². The monoisotopic (exact) mass is 255 g/mol. The fourth-order valence-electron chi connectivity index (χ4n) is 1.88. The molecule has 2 N–H and O–H groups in total. The number of benzene rings is 1. The van der Waals surface area contributed by atoms with Crippen molar-refractivity contribution in [3.05, 3.63) is 23.8 Å². The molecule has 1 aromatic carbocycles. The number of sulfone groups is 1. The van der Waals surface area contributed by atoms with Crippen LogP contribution in [0.4, 0.5) is 5.69 Å². The first-order valence-corrected chi connectivity index (χ1v) is 7.64. The minimum atomic E-state index is -3.22. The molecule has 1 rings (SSSR count). The highest BCUT2D eigenvalue weighted by atomic mass is 32.2. The molecule has 3 nitrogen and oxygen atoms in total. The lowest BCUT2D eigenvalue weighted by molar-refractivity contribution is 0.523. The molecule has 0 aliphatic heterocycles. The van der Waals surface area contributed by atoms with Crippen molar-refractivity contribution in [3.63, 3.8) is 0 Å². The van der Waals surface area contributed by atoms with Crippen molar-refractivity contribution in [2.75, 3.05) is 11.5 Å². The van der Waals surface area contributed by atoms with Gasteiger partial charge in [-0.25, -0.2) is 8.42 Å². The Labute approximate surface area is 104 Å². The normalized spacial score (nSPS) is 12.0. The van der Waals surface area contributed by atoms with E-state index in [4.69, 9.17) is 5.73 Å². The van der Waals surface area contributed by atoms with Gasteiger partial charge in [-0.15, -0.1) is 0 Å². The second-order valence-electron chi connectivity index (χ2n) is 4.49. The molecule has 0 amide bonds. The minimum absolute atomic E-state index is 0.213. The predicted octanol–water partition coefficient (Wildman–Crippen LogP) is 2.79. The van der Waals surface area contributed by atoms with Gasteiger partial charge in [-0.1, -0.05) is 32.8 Å². The summed E-state index contributed by atoms with van der Waals surface area (Å²) in [5.41, 5.74) is 6.92. The standard InChI is InChI=1S/C13H21NO2S/c1-4-11(5-2)9-17(15,16)13-8-12(14)7-6-10(13)3/h6-8,11H,4-5,9,14H2,1-3H3. The third kappa shape index (κ3) is 3.46. The molecule has 1 aromatic rings. The van der Waals surface area contributed by atoms with Gasteiger partial charge in [0.25, 0.3) is 0 Å². The Morgan fingerprint density at radius 1 is 1.24 bits per heavy atom. The van der Waals surface area contributed by atoms with E-state index in [2.05, 4.69) is 0 Å². The largest absolute Gasteiger partial charge is 0.399 e. The van der Waals surface area contributed by atoms with Crippen molar-refractivity contribution in [1.82, 2.24) is 0 Å². The molecule has 0 saturated carbocycles. The molecule has 0 saturated heterocycles. The quantitative estimate of drug-likeness (QED) is 0.823. The van der Waals surface area contributed by atoms with E-state index in [0.717, 1.165) is 18.4 Å². The molecule has 96 valence electrons. The average Bonchev–Trinajstić information content (AvgIpc) is 2.29. The molecule has 0 atom stereocenters. The summed E-state index contributed by atoms with van der Waals surface area (Å²) in [6.07, 6.45) is 1.77. The first-order chi connectivity index (χ1) is 7.90. The van der Waals surface area contributed by atoms with Gasteiger partial charge in [-0.3, -0.25) is 0 Å². The van der Waals surface area contributed by atoms with Crippen LogP contribution in [0, 0.1) is 12.8 Å². The second-order valence-corrected chi connectivity index (χ2v) is 6.49. The molecule has 0 aliphatic carbocycles. The SMILES string of the molecule is CCC(CC)CS(=O)(=O)c1cc(N)ccc1C. The molecule has 0 aromatic heterocycles. The van der Waals surface area contributed by atoms with Crippen molar-refractivity contribution < 1.29 is 8.42 Å². The van der Waals surface area contributed by atoms with Crippen LogP contribution in [0.15, 0.2) is 23.1 Å². The third-order valence-electron chi connectivity index (χ3n) is 3.16. The van der Waals surface area contributed by atoms with Crippen LogP contribution in [-0.4, -0.2) is 14.2 Å².